The van der Waals surface area contributed by atoms with Gasteiger partial charge >= 0.3 is 0 Å². The van der Waals surface area contributed by atoms with Crippen LogP contribution in [0.5, 0.6) is 0 Å². The molecule has 4 rings (SSSR count). The molecule has 2 heterocycles. The number of nitrogens with zero attached hydrogens (tertiary/aromatic N) is 3. The van der Waals surface area contributed by atoms with Gasteiger partial charge in [-0.3, -0.25) is 9.52 Å². The number of carbonyl (C=O) groups excluding carboxylic acids is 1. The van der Waals surface area contributed by atoms with Crippen molar-refractivity contribution in [1.82, 2.24) is 14.8 Å². The Morgan fingerprint density at radius 3 is 2.50 bits per heavy atom. The summed E-state index contributed by atoms with van der Waals surface area (Å²) in [7, 11) is -3.91. The number of para-hydroxylation sites is 1. The second-order valence-corrected chi connectivity index (χ2v) is 9.50. The number of halogens is 1. The number of amides is 1. The first-order valence-corrected chi connectivity index (χ1v) is 11.6. The van der Waals surface area contributed by atoms with E-state index in [1.54, 1.807) is 35.3 Å². The average molecular weight is 470 g/mol. The number of hydrogen-bond acceptors (Lipinski definition) is 5. The molecular weight excluding hydrogens is 450 g/mol. The maximum absolute atomic E-state index is 12.9. The number of nitrogens with one attached hydrogen (secondary N) is 2. The van der Waals surface area contributed by atoms with Crippen molar-refractivity contribution in [3.63, 3.8) is 0 Å². The van der Waals surface area contributed by atoms with Crippen LogP contribution < -0.4 is 10.0 Å². The van der Waals surface area contributed by atoms with Gasteiger partial charge < -0.3 is 5.32 Å². The zero-order valence-electron chi connectivity index (χ0n) is 17.3. The number of hydrogen-bond donors (Lipinski definition) is 2. The van der Waals surface area contributed by atoms with Crippen LogP contribution in [-0.2, 0) is 10.0 Å². The van der Waals surface area contributed by atoms with Crippen LogP contribution in [0.1, 0.15) is 30.2 Å². The van der Waals surface area contributed by atoms with Crippen molar-refractivity contribution in [2.75, 3.05) is 10.0 Å². The minimum absolute atomic E-state index is 0.0360. The fraction of sp³-hybridized carbons (Fsp3) is 0.136. The third-order valence-electron chi connectivity index (χ3n) is 4.72. The lowest BCUT2D eigenvalue weighted by molar-refractivity contribution is 0.102. The monoisotopic (exact) mass is 469 g/mol. The molecule has 2 aromatic heterocycles. The number of aromatic nitrogens is 3. The lowest BCUT2D eigenvalue weighted by atomic mass is 10.1. The zero-order valence-corrected chi connectivity index (χ0v) is 18.9. The Morgan fingerprint density at radius 2 is 1.78 bits per heavy atom. The standard InChI is InChI=1S/C22H20ClN5O3S/c1-14(2)28-21-15(12-25-28)11-17(13-24-21)26-22(29)19-5-3-4-6-20(19)27-32(30,31)18-9-7-16(23)8-10-18/h3-14,27H,1-2H3,(H,26,29). The molecule has 0 atom stereocenters. The van der Waals surface area contributed by atoms with E-state index < -0.39 is 15.9 Å². The van der Waals surface area contributed by atoms with E-state index >= 15 is 0 Å². The van der Waals surface area contributed by atoms with Crippen LogP contribution in [0.2, 0.25) is 5.02 Å². The van der Waals surface area contributed by atoms with Crippen molar-refractivity contribution >= 4 is 49.9 Å². The van der Waals surface area contributed by atoms with Crippen molar-refractivity contribution in [1.29, 1.82) is 0 Å². The summed E-state index contributed by atoms with van der Waals surface area (Å²) < 4.78 is 29.8. The number of sulfonamides is 1. The molecule has 164 valence electrons. The molecular formula is C22H20ClN5O3S. The second-order valence-electron chi connectivity index (χ2n) is 7.38. The summed E-state index contributed by atoms with van der Waals surface area (Å²) >= 11 is 5.84. The van der Waals surface area contributed by atoms with Gasteiger partial charge in [0, 0.05) is 16.5 Å². The number of pyridine rings is 1. The highest BCUT2D eigenvalue weighted by molar-refractivity contribution is 7.92. The molecule has 8 nitrogen and oxygen atoms in total. The van der Waals surface area contributed by atoms with E-state index in [4.69, 9.17) is 11.6 Å². The maximum atomic E-state index is 12.9. The normalized spacial score (nSPS) is 11.6. The molecule has 0 spiro atoms. The van der Waals surface area contributed by atoms with Crippen LogP contribution in [0, 0.1) is 0 Å². The molecule has 32 heavy (non-hydrogen) atoms. The van der Waals surface area contributed by atoms with Gasteiger partial charge in [0.25, 0.3) is 15.9 Å². The van der Waals surface area contributed by atoms with Crippen molar-refractivity contribution in [3.8, 4) is 0 Å². The van der Waals surface area contributed by atoms with Gasteiger partial charge in [0.15, 0.2) is 5.65 Å². The summed E-state index contributed by atoms with van der Waals surface area (Å²) in [5.41, 5.74) is 1.51. The molecule has 0 saturated heterocycles. The Balaban J connectivity index is 1.59. The average Bonchev–Trinajstić information content (AvgIpc) is 3.17. The Hall–Kier alpha value is -3.43. The van der Waals surface area contributed by atoms with E-state index in [1.165, 1.54) is 36.4 Å². The molecule has 0 aliphatic carbocycles. The van der Waals surface area contributed by atoms with Crippen LogP contribution >= 0.6 is 11.6 Å². The van der Waals surface area contributed by atoms with E-state index in [0.29, 0.717) is 16.4 Å². The quantitative estimate of drug-likeness (QED) is 0.425. The highest BCUT2D eigenvalue weighted by atomic mass is 35.5. The molecule has 0 aliphatic rings. The van der Waals surface area contributed by atoms with E-state index in [1.807, 2.05) is 13.8 Å². The SMILES string of the molecule is CC(C)n1ncc2cc(NC(=O)c3ccccc3NS(=O)(=O)c3ccc(Cl)cc3)cnc21. The van der Waals surface area contributed by atoms with Crippen molar-refractivity contribution in [2.45, 2.75) is 24.8 Å². The first kappa shape index (κ1) is 21.8. The summed E-state index contributed by atoms with van der Waals surface area (Å²) in [6.45, 7) is 4.01. The summed E-state index contributed by atoms with van der Waals surface area (Å²) in [6.07, 6.45) is 3.23. The van der Waals surface area contributed by atoms with Gasteiger partial charge in [-0.2, -0.15) is 5.10 Å². The van der Waals surface area contributed by atoms with Crippen LogP contribution in [-0.4, -0.2) is 29.1 Å². The molecule has 2 aromatic carbocycles. The van der Waals surface area contributed by atoms with E-state index in [9.17, 15) is 13.2 Å². The zero-order chi connectivity index (χ0) is 22.9. The first-order chi connectivity index (χ1) is 15.2. The highest BCUT2D eigenvalue weighted by Crippen LogP contribution is 2.24. The van der Waals surface area contributed by atoms with Gasteiger partial charge in [0.05, 0.1) is 34.2 Å². The Morgan fingerprint density at radius 1 is 1.06 bits per heavy atom. The largest absolute Gasteiger partial charge is 0.321 e. The predicted molar refractivity (Wildman–Crippen MR) is 125 cm³/mol. The fourth-order valence-corrected chi connectivity index (χ4v) is 4.38. The Kier molecular flexibility index (Phi) is 5.86. The van der Waals surface area contributed by atoms with Gasteiger partial charge in [0.1, 0.15) is 0 Å². The molecule has 0 aliphatic heterocycles. The van der Waals surface area contributed by atoms with Gasteiger partial charge in [-0.05, 0) is 56.3 Å². The molecule has 2 N–H and O–H groups in total. The maximum Gasteiger partial charge on any atom is 0.261 e. The van der Waals surface area contributed by atoms with E-state index in [0.717, 1.165) is 5.39 Å². The lowest BCUT2D eigenvalue weighted by Gasteiger charge is -2.13. The summed E-state index contributed by atoms with van der Waals surface area (Å²) in [5.74, 6) is -0.475. The van der Waals surface area contributed by atoms with Crippen molar-refractivity contribution < 1.29 is 13.2 Å². The van der Waals surface area contributed by atoms with Gasteiger partial charge in [0.2, 0.25) is 0 Å². The van der Waals surface area contributed by atoms with Crippen LogP contribution in [0.15, 0.2) is 71.9 Å². The Labute approximate surface area is 190 Å². The van der Waals surface area contributed by atoms with E-state index in [2.05, 4.69) is 20.1 Å². The van der Waals surface area contributed by atoms with Crippen LogP contribution in [0.25, 0.3) is 11.0 Å². The Bertz CT molecular complexity index is 1400. The predicted octanol–water partition coefficient (Wildman–Crippen LogP) is 4.72. The molecule has 1 amide bonds. The molecule has 4 aromatic rings. The number of rotatable bonds is 6. The lowest BCUT2D eigenvalue weighted by Crippen LogP contribution is -2.18. The molecule has 0 saturated carbocycles. The van der Waals surface area contributed by atoms with Gasteiger partial charge in [-0.25, -0.2) is 18.1 Å². The highest BCUT2D eigenvalue weighted by Gasteiger charge is 2.19. The number of fused-ring (bicyclic) bond motifs is 1. The number of anilines is 2. The van der Waals surface area contributed by atoms with E-state index in [-0.39, 0.29) is 22.2 Å². The van der Waals surface area contributed by atoms with Crippen LogP contribution in [0.4, 0.5) is 11.4 Å². The molecule has 10 heteroatoms. The number of carbonyl (C=O) groups is 1. The number of benzene rings is 2. The second kappa shape index (κ2) is 8.60. The van der Waals surface area contributed by atoms with Gasteiger partial charge in [-0.15, -0.1) is 0 Å². The third-order valence-corrected chi connectivity index (χ3v) is 6.35. The smallest absolute Gasteiger partial charge is 0.261 e. The van der Waals surface area contributed by atoms with Crippen molar-refractivity contribution in [3.05, 3.63) is 77.6 Å². The molecule has 0 fully saturated rings. The fourth-order valence-electron chi connectivity index (χ4n) is 3.17. The molecule has 0 unspecified atom stereocenters. The minimum Gasteiger partial charge on any atom is -0.321 e. The molecule has 0 radical (unpaired) electrons. The molecule has 0 bridgehead atoms. The summed E-state index contributed by atoms with van der Waals surface area (Å²) in [4.78, 5) is 17.4. The topological polar surface area (TPSA) is 106 Å². The van der Waals surface area contributed by atoms with Crippen LogP contribution in [0.3, 0.4) is 0 Å². The van der Waals surface area contributed by atoms with Crippen molar-refractivity contribution in [2.24, 2.45) is 0 Å². The third kappa shape index (κ3) is 4.44. The summed E-state index contributed by atoms with van der Waals surface area (Å²) in [5, 5.41) is 8.30. The summed E-state index contributed by atoms with van der Waals surface area (Å²) in [6, 6.07) is 14.0. The van der Waals surface area contributed by atoms with Gasteiger partial charge in [-0.1, -0.05) is 23.7 Å². The minimum atomic E-state index is -3.91. The first-order valence-electron chi connectivity index (χ1n) is 9.76.